The summed E-state index contributed by atoms with van der Waals surface area (Å²) in [7, 11) is 1.55. The molecule has 1 saturated heterocycles. The van der Waals surface area contributed by atoms with Crippen molar-refractivity contribution >= 4 is 23.5 Å². The van der Waals surface area contributed by atoms with Gasteiger partial charge in [-0.05, 0) is 64.2 Å². The van der Waals surface area contributed by atoms with Gasteiger partial charge in [0.1, 0.15) is 17.7 Å². The maximum atomic E-state index is 13.9. The van der Waals surface area contributed by atoms with Crippen LogP contribution in [0.2, 0.25) is 0 Å². The number of hydrogen-bond acceptors (Lipinski definition) is 8. The Morgan fingerprint density at radius 3 is 2.32 bits per heavy atom. The molecule has 1 aromatic rings. The zero-order chi connectivity index (χ0) is 32.5. The second-order valence-electron chi connectivity index (χ2n) is 13.1. The van der Waals surface area contributed by atoms with Crippen LogP contribution >= 0.6 is 0 Å². The Morgan fingerprint density at radius 1 is 1.07 bits per heavy atom. The molecule has 0 spiro atoms. The molecular weight excluding hydrogens is 566 g/mol. The number of amides is 3. The van der Waals surface area contributed by atoms with E-state index in [-0.39, 0.29) is 18.6 Å². The minimum Gasteiger partial charge on any atom is -0.493 e. The van der Waals surface area contributed by atoms with Gasteiger partial charge in [-0.2, -0.15) is 0 Å². The molecule has 1 heterocycles. The molecule has 4 atom stereocenters. The van der Waals surface area contributed by atoms with Gasteiger partial charge in [-0.15, -0.1) is 0 Å². The lowest BCUT2D eigenvalue weighted by Gasteiger charge is -2.27. The summed E-state index contributed by atoms with van der Waals surface area (Å²) in [5.74, 6) is -0.315. The van der Waals surface area contributed by atoms with Crippen LogP contribution in [0.25, 0.3) is 0 Å². The molecule has 0 unspecified atom stereocenters. The van der Waals surface area contributed by atoms with Crippen LogP contribution in [0.1, 0.15) is 91.5 Å². The highest BCUT2D eigenvalue weighted by Crippen LogP contribution is 2.34. The topological polar surface area (TPSA) is 156 Å². The third-order valence-corrected chi connectivity index (χ3v) is 8.20. The van der Waals surface area contributed by atoms with Crippen LogP contribution in [0, 0.1) is 5.92 Å². The number of epoxide rings is 1. The Balaban J connectivity index is 1.82. The lowest BCUT2D eigenvalue weighted by molar-refractivity contribution is -0.134. The summed E-state index contributed by atoms with van der Waals surface area (Å²) in [5, 5.41) is 18.3. The Morgan fingerprint density at radius 2 is 1.73 bits per heavy atom. The number of benzene rings is 1. The number of ketones is 1. The molecule has 1 aliphatic heterocycles. The van der Waals surface area contributed by atoms with E-state index in [2.05, 4.69) is 22.9 Å². The van der Waals surface area contributed by atoms with Crippen molar-refractivity contribution in [3.63, 3.8) is 0 Å². The van der Waals surface area contributed by atoms with E-state index in [4.69, 9.17) is 14.2 Å². The predicted molar refractivity (Wildman–Crippen MR) is 165 cm³/mol. The molecule has 1 aliphatic carbocycles. The number of ether oxygens (including phenoxy) is 3. The summed E-state index contributed by atoms with van der Waals surface area (Å²) in [4.78, 5) is 52.9. The smallest absolute Gasteiger partial charge is 0.243 e. The van der Waals surface area contributed by atoms with Crippen molar-refractivity contribution in [1.29, 1.82) is 0 Å². The number of aliphatic hydroxyl groups is 1. The Hall–Kier alpha value is -3.18. The second kappa shape index (κ2) is 15.7. The molecule has 0 radical (unpaired) electrons. The van der Waals surface area contributed by atoms with Gasteiger partial charge < -0.3 is 35.3 Å². The lowest BCUT2D eigenvalue weighted by atomic mass is 9.90. The van der Waals surface area contributed by atoms with Gasteiger partial charge in [-0.25, -0.2) is 0 Å². The van der Waals surface area contributed by atoms with Gasteiger partial charge in [-0.1, -0.05) is 45.1 Å². The van der Waals surface area contributed by atoms with Crippen LogP contribution in [0.3, 0.4) is 0 Å². The minimum atomic E-state index is -1.24. The molecule has 11 heteroatoms. The summed E-state index contributed by atoms with van der Waals surface area (Å²) in [6.45, 7) is 9.14. The molecule has 44 heavy (non-hydrogen) atoms. The van der Waals surface area contributed by atoms with Gasteiger partial charge in [0.05, 0.1) is 38.4 Å². The molecule has 4 N–H and O–H groups in total. The van der Waals surface area contributed by atoms with Gasteiger partial charge in [0, 0.05) is 6.42 Å². The van der Waals surface area contributed by atoms with Crippen molar-refractivity contribution < 1.29 is 38.5 Å². The van der Waals surface area contributed by atoms with E-state index in [1.807, 2.05) is 0 Å². The molecule has 3 amide bonds. The molecular formula is C33H51N3O8. The highest BCUT2D eigenvalue weighted by molar-refractivity contribution is 5.98. The number of rotatable bonds is 18. The minimum absolute atomic E-state index is 0.105. The first-order chi connectivity index (χ1) is 20.7. The van der Waals surface area contributed by atoms with Crippen molar-refractivity contribution in [3.8, 4) is 11.5 Å². The molecule has 0 bridgehead atoms. The van der Waals surface area contributed by atoms with Crippen molar-refractivity contribution in [1.82, 2.24) is 16.0 Å². The van der Waals surface area contributed by atoms with Crippen LogP contribution in [-0.2, 0) is 30.3 Å². The number of carbonyl (C=O) groups excluding carboxylic acids is 4. The number of unbranched alkanes of at least 4 members (excludes halogenated alkanes) is 1. The van der Waals surface area contributed by atoms with Crippen molar-refractivity contribution in [2.75, 3.05) is 20.3 Å². The zero-order valence-corrected chi connectivity index (χ0v) is 27.1. The molecule has 0 aromatic heterocycles. The lowest BCUT2D eigenvalue weighted by Crippen LogP contribution is -2.57. The molecule has 246 valence electrons. The first kappa shape index (κ1) is 35.3. The number of Topliss-reactive ketones (excluding diaryl/α,β-unsaturated/α-hetero) is 1. The second-order valence-corrected chi connectivity index (χ2v) is 13.1. The fourth-order valence-corrected chi connectivity index (χ4v) is 5.48. The summed E-state index contributed by atoms with van der Waals surface area (Å²) in [6.07, 6.45) is 6.48. The normalized spacial score (nSPS) is 20.2. The monoisotopic (exact) mass is 617 g/mol. The standard InChI is InChI=1S/C33H51N3O8/c1-7-8-15-43-27-18-23(13-14-26(27)42-6)17-25(36-30(39)21(2)34-28(37)19-32(3,4)41)31(40)35-24(16-22-11-9-10-12-22)29(38)33(5)20-44-33/h13-14,18,21-22,24-25,41H,7-12,15-17,19-20H2,1-6H3,(H,34,37)(H,35,40)(H,36,39)/t21-,24+,25+,33-/m1/s1. The zero-order valence-electron chi connectivity index (χ0n) is 27.1. The maximum absolute atomic E-state index is 13.9. The van der Waals surface area contributed by atoms with Gasteiger partial charge in [-0.3, -0.25) is 19.2 Å². The molecule has 11 nitrogen and oxygen atoms in total. The van der Waals surface area contributed by atoms with Crippen LogP contribution in [0.4, 0.5) is 0 Å². The fraction of sp³-hybridized carbons (Fsp3) is 0.697. The third kappa shape index (κ3) is 10.8. The molecule has 2 fully saturated rings. The number of nitrogens with one attached hydrogen (secondary N) is 3. The van der Waals surface area contributed by atoms with E-state index in [0.29, 0.717) is 42.6 Å². The highest BCUT2D eigenvalue weighted by Gasteiger charge is 2.50. The summed E-state index contributed by atoms with van der Waals surface area (Å²) < 4.78 is 16.8. The van der Waals surface area contributed by atoms with Gasteiger partial charge >= 0.3 is 0 Å². The van der Waals surface area contributed by atoms with Crippen molar-refractivity contribution in [3.05, 3.63) is 23.8 Å². The van der Waals surface area contributed by atoms with Gasteiger partial charge in [0.2, 0.25) is 17.7 Å². The number of hydrogen-bond donors (Lipinski definition) is 4. The molecule has 1 saturated carbocycles. The van der Waals surface area contributed by atoms with Crippen LogP contribution in [-0.4, -0.2) is 78.3 Å². The van der Waals surface area contributed by atoms with Gasteiger partial charge in [0.15, 0.2) is 17.3 Å². The van der Waals surface area contributed by atoms with E-state index in [9.17, 15) is 24.3 Å². The fourth-order valence-electron chi connectivity index (χ4n) is 5.48. The summed E-state index contributed by atoms with van der Waals surface area (Å²) in [6, 6.07) is 2.57. The average molecular weight is 618 g/mol. The van der Waals surface area contributed by atoms with Crippen LogP contribution in [0.15, 0.2) is 18.2 Å². The highest BCUT2D eigenvalue weighted by atomic mass is 16.6. The van der Waals surface area contributed by atoms with Crippen LogP contribution in [0.5, 0.6) is 11.5 Å². The predicted octanol–water partition coefficient (Wildman–Crippen LogP) is 2.99. The van der Waals surface area contributed by atoms with E-state index >= 15 is 0 Å². The molecule has 1 aromatic carbocycles. The van der Waals surface area contributed by atoms with Crippen molar-refractivity contribution in [2.24, 2.45) is 5.92 Å². The summed E-state index contributed by atoms with van der Waals surface area (Å²) in [5.41, 5.74) is -1.43. The van der Waals surface area contributed by atoms with E-state index in [1.165, 1.54) is 20.8 Å². The largest absolute Gasteiger partial charge is 0.493 e. The third-order valence-electron chi connectivity index (χ3n) is 8.20. The average Bonchev–Trinajstić information content (AvgIpc) is 3.49. The van der Waals surface area contributed by atoms with Crippen molar-refractivity contribution in [2.45, 2.75) is 122 Å². The quantitative estimate of drug-likeness (QED) is 0.145. The first-order valence-electron chi connectivity index (χ1n) is 15.8. The van der Waals surface area contributed by atoms with E-state index in [1.54, 1.807) is 32.2 Å². The van der Waals surface area contributed by atoms with Gasteiger partial charge in [0.25, 0.3) is 0 Å². The maximum Gasteiger partial charge on any atom is 0.243 e. The number of methoxy groups -OCH3 is 1. The van der Waals surface area contributed by atoms with E-state index < -0.39 is 47.0 Å². The Bertz CT molecular complexity index is 1150. The molecule has 2 aliphatic rings. The Kier molecular flexibility index (Phi) is 12.6. The molecule has 3 rings (SSSR count). The van der Waals surface area contributed by atoms with E-state index in [0.717, 1.165) is 38.5 Å². The number of carbonyl (C=O) groups is 4. The van der Waals surface area contributed by atoms with Crippen LogP contribution < -0.4 is 25.4 Å². The SMILES string of the molecule is CCCCOc1cc(C[C@H](NC(=O)[C@@H](C)NC(=O)CC(C)(C)O)C(=O)N[C@@H](CC2CCCC2)C(=O)[C@@]2(C)CO2)ccc1OC. The first-order valence-corrected chi connectivity index (χ1v) is 15.8. The summed E-state index contributed by atoms with van der Waals surface area (Å²) >= 11 is 0. The Labute approximate surface area is 261 Å².